The lowest BCUT2D eigenvalue weighted by Gasteiger charge is -2.34. The molecular weight excluding hydrogens is 340 g/mol. The van der Waals surface area contributed by atoms with Crippen LogP contribution in [0.25, 0.3) is 6.08 Å². The number of ether oxygens (including phenoxy) is 1. The number of hydrogen-bond acceptors (Lipinski definition) is 5. The number of nitrogens with zero attached hydrogens (tertiary/aromatic N) is 3. The molecule has 2 aliphatic heterocycles. The number of anilines is 1. The molecule has 0 bridgehead atoms. The van der Waals surface area contributed by atoms with E-state index in [4.69, 9.17) is 4.74 Å². The number of carbonyl (C=O) groups excluding carboxylic acids is 1. The van der Waals surface area contributed by atoms with Gasteiger partial charge < -0.3 is 15.0 Å². The maximum Gasteiger partial charge on any atom is 0.256 e. The fourth-order valence-electron chi connectivity index (χ4n) is 3.68. The van der Waals surface area contributed by atoms with Crippen molar-refractivity contribution >= 4 is 17.9 Å². The van der Waals surface area contributed by atoms with Crippen molar-refractivity contribution in [1.29, 1.82) is 0 Å². The third kappa shape index (κ3) is 3.65. The number of benzene rings is 1. The van der Waals surface area contributed by atoms with Crippen molar-refractivity contribution in [3.05, 3.63) is 53.9 Å². The van der Waals surface area contributed by atoms with Gasteiger partial charge in [-0.3, -0.25) is 4.79 Å². The molecule has 1 fully saturated rings. The molecule has 1 saturated heterocycles. The van der Waals surface area contributed by atoms with Gasteiger partial charge in [0.05, 0.1) is 5.56 Å². The second kappa shape index (κ2) is 7.39. The molecule has 1 aromatic heterocycles. The Hall–Kier alpha value is -2.89. The van der Waals surface area contributed by atoms with Gasteiger partial charge in [-0.25, -0.2) is 9.97 Å². The van der Waals surface area contributed by atoms with Gasteiger partial charge in [-0.15, -0.1) is 0 Å². The van der Waals surface area contributed by atoms with Crippen LogP contribution in [0.15, 0.2) is 42.7 Å². The molecule has 1 aromatic carbocycles. The lowest BCUT2D eigenvalue weighted by atomic mass is 9.91. The van der Waals surface area contributed by atoms with E-state index in [1.807, 2.05) is 30.0 Å². The van der Waals surface area contributed by atoms with Crippen molar-refractivity contribution in [2.24, 2.45) is 0 Å². The van der Waals surface area contributed by atoms with E-state index in [2.05, 4.69) is 33.5 Å². The average molecular weight is 364 g/mol. The number of amides is 1. The molecule has 2 aromatic rings. The van der Waals surface area contributed by atoms with Crippen LogP contribution in [0, 0.1) is 0 Å². The van der Waals surface area contributed by atoms with Crippen LogP contribution in [0.4, 0.5) is 5.95 Å². The van der Waals surface area contributed by atoms with Crippen molar-refractivity contribution < 1.29 is 9.53 Å². The smallest absolute Gasteiger partial charge is 0.256 e. The highest BCUT2D eigenvalue weighted by molar-refractivity contribution is 5.93. The average Bonchev–Trinajstić information content (AvgIpc) is 2.91. The Bertz CT molecular complexity index is 850. The van der Waals surface area contributed by atoms with Crippen molar-refractivity contribution in [3.63, 3.8) is 0 Å². The summed E-state index contributed by atoms with van der Waals surface area (Å²) in [6.45, 7) is 4.10. The molecule has 0 radical (unpaired) electrons. The lowest BCUT2D eigenvalue weighted by molar-refractivity contribution is 0.0729. The maximum atomic E-state index is 12.9. The highest BCUT2D eigenvalue weighted by Crippen LogP contribution is 2.37. The number of hydrogen-bond donors (Lipinski definition) is 1. The summed E-state index contributed by atoms with van der Waals surface area (Å²) in [6, 6.07) is 8.08. The molecule has 4 rings (SSSR count). The summed E-state index contributed by atoms with van der Waals surface area (Å²) in [5, 5.41) is 3.04. The molecule has 1 atom stereocenters. The molecule has 0 saturated carbocycles. The molecule has 140 valence electrons. The van der Waals surface area contributed by atoms with E-state index in [9.17, 15) is 4.79 Å². The van der Waals surface area contributed by atoms with Crippen LogP contribution >= 0.6 is 0 Å². The minimum absolute atomic E-state index is 0.0183. The predicted molar refractivity (Wildman–Crippen MR) is 105 cm³/mol. The lowest BCUT2D eigenvalue weighted by Crippen LogP contribution is -2.38. The van der Waals surface area contributed by atoms with Crippen LogP contribution in [-0.2, 0) is 0 Å². The van der Waals surface area contributed by atoms with Crippen LogP contribution in [0.3, 0.4) is 0 Å². The van der Waals surface area contributed by atoms with Gasteiger partial charge in [-0.05, 0) is 31.9 Å². The Morgan fingerprint density at radius 1 is 1.22 bits per heavy atom. The number of carbonyl (C=O) groups is 1. The van der Waals surface area contributed by atoms with Gasteiger partial charge in [0, 0.05) is 44.0 Å². The minimum atomic E-state index is -0.325. The van der Waals surface area contributed by atoms with Gasteiger partial charge in [-0.1, -0.05) is 24.3 Å². The van der Waals surface area contributed by atoms with Gasteiger partial charge in [0.2, 0.25) is 5.95 Å². The Kier molecular flexibility index (Phi) is 4.79. The normalized spacial score (nSPS) is 21.3. The molecule has 6 nitrogen and oxygen atoms in total. The topological polar surface area (TPSA) is 67.4 Å². The standard InChI is InChI=1S/C21H24N4O2/c1-2-22-20-23-14-17(15-24-20)19(26)25-12-5-9-21(11-13-25)10-8-16-6-3-4-7-18(16)27-21/h3-4,6-8,10,14-15H,2,5,9,11-13H2,1H3,(H,22,23,24). The van der Waals surface area contributed by atoms with E-state index < -0.39 is 0 Å². The number of nitrogens with one attached hydrogen (secondary N) is 1. The number of likely N-dealkylation sites (tertiary alicyclic amines) is 1. The summed E-state index contributed by atoms with van der Waals surface area (Å²) < 4.78 is 6.36. The van der Waals surface area contributed by atoms with Gasteiger partial charge in [0.1, 0.15) is 11.4 Å². The summed E-state index contributed by atoms with van der Waals surface area (Å²) in [6.07, 6.45) is 10.1. The predicted octanol–water partition coefficient (Wildman–Crippen LogP) is 3.38. The largest absolute Gasteiger partial charge is 0.483 e. The third-order valence-corrected chi connectivity index (χ3v) is 5.15. The SMILES string of the molecule is CCNc1ncc(C(=O)N2CCCC3(C=Cc4ccccc4O3)CC2)cn1. The number of fused-ring (bicyclic) bond motifs is 1. The van der Waals surface area contributed by atoms with Crippen molar-refractivity contribution in [2.75, 3.05) is 25.0 Å². The second-order valence-electron chi connectivity index (χ2n) is 7.01. The van der Waals surface area contributed by atoms with Crippen LogP contribution in [0.5, 0.6) is 5.75 Å². The molecule has 6 heteroatoms. The molecule has 1 N–H and O–H groups in total. The van der Waals surface area contributed by atoms with Crippen LogP contribution in [0.1, 0.15) is 42.1 Å². The summed E-state index contributed by atoms with van der Waals surface area (Å²) in [7, 11) is 0. The summed E-state index contributed by atoms with van der Waals surface area (Å²) in [5.74, 6) is 1.45. The first-order valence-electron chi connectivity index (χ1n) is 9.52. The number of aromatic nitrogens is 2. The number of rotatable bonds is 3. The summed E-state index contributed by atoms with van der Waals surface area (Å²) in [4.78, 5) is 23.2. The van der Waals surface area contributed by atoms with Gasteiger partial charge in [-0.2, -0.15) is 0 Å². The quantitative estimate of drug-likeness (QED) is 0.904. The first kappa shape index (κ1) is 17.5. The van der Waals surface area contributed by atoms with E-state index >= 15 is 0 Å². The van der Waals surface area contributed by atoms with E-state index in [-0.39, 0.29) is 11.5 Å². The van der Waals surface area contributed by atoms with Gasteiger partial charge in [0.15, 0.2) is 0 Å². The first-order chi connectivity index (χ1) is 13.2. The van der Waals surface area contributed by atoms with Gasteiger partial charge >= 0.3 is 0 Å². The minimum Gasteiger partial charge on any atom is -0.483 e. The van der Waals surface area contributed by atoms with E-state index in [1.54, 1.807) is 12.4 Å². The second-order valence-corrected chi connectivity index (χ2v) is 7.01. The van der Waals surface area contributed by atoms with Crippen LogP contribution in [-0.4, -0.2) is 46.0 Å². The van der Waals surface area contributed by atoms with Crippen LogP contribution < -0.4 is 10.1 Å². The third-order valence-electron chi connectivity index (χ3n) is 5.15. The molecule has 2 aliphatic rings. The monoisotopic (exact) mass is 364 g/mol. The molecule has 27 heavy (non-hydrogen) atoms. The summed E-state index contributed by atoms with van der Waals surface area (Å²) in [5.41, 5.74) is 1.31. The Morgan fingerprint density at radius 2 is 2.04 bits per heavy atom. The van der Waals surface area contributed by atoms with Crippen molar-refractivity contribution in [3.8, 4) is 5.75 Å². The maximum absolute atomic E-state index is 12.9. The van der Waals surface area contributed by atoms with E-state index in [0.29, 0.717) is 24.6 Å². The Labute approximate surface area is 159 Å². The van der Waals surface area contributed by atoms with E-state index in [1.165, 1.54) is 0 Å². The Balaban J connectivity index is 1.45. The molecule has 0 aliphatic carbocycles. The Morgan fingerprint density at radius 3 is 2.85 bits per heavy atom. The zero-order chi connectivity index (χ0) is 18.7. The summed E-state index contributed by atoms with van der Waals surface area (Å²) >= 11 is 0. The first-order valence-corrected chi connectivity index (χ1v) is 9.52. The van der Waals surface area contributed by atoms with Crippen molar-refractivity contribution in [1.82, 2.24) is 14.9 Å². The zero-order valence-electron chi connectivity index (χ0n) is 15.5. The molecular formula is C21H24N4O2. The van der Waals surface area contributed by atoms with E-state index in [0.717, 1.165) is 37.1 Å². The fourth-order valence-corrected chi connectivity index (χ4v) is 3.68. The van der Waals surface area contributed by atoms with Gasteiger partial charge in [0.25, 0.3) is 5.91 Å². The highest BCUT2D eigenvalue weighted by Gasteiger charge is 2.35. The molecule has 1 amide bonds. The number of para-hydroxylation sites is 1. The van der Waals surface area contributed by atoms with Crippen LogP contribution in [0.2, 0.25) is 0 Å². The fraction of sp³-hybridized carbons (Fsp3) is 0.381. The molecule has 1 spiro atoms. The molecule has 3 heterocycles. The zero-order valence-corrected chi connectivity index (χ0v) is 15.5. The highest BCUT2D eigenvalue weighted by atomic mass is 16.5. The molecule has 1 unspecified atom stereocenters. The van der Waals surface area contributed by atoms with Crippen molar-refractivity contribution in [2.45, 2.75) is 31.8 Å².